The molecule has 0 fully saturated rings. The molecule has 0 aliphatic carbocycles. The van der Waals surface area contributed by atoms with Gasteiger partial charge in [-0.2, -0.15) is 0 Å². The van der Waals surface area contributed by atoms with Crippen molar-refractivity contribution in [2.75, 3.05) is 0 Å². The summed E-state index contributed by atoms with van der Waals surface area (Å²) in [6.07, 6.45) is 0. The summed E-state index contributed by atoms with van der Waals surface area (Å²) < 4.78 is 24.5. The van der Waals surface area contributed by atoms with Crippen LogP contribution in [0.2, 0.25) is 0 Å². The molecule has 0 atom stereocenters. The molecule has 6 heteroatoms. The molecule has 0 saturated carbocycles. The fourth-order valence-corrected chi connectivity index (χ4v) is 0. The van der Waals surface area contributed by atoms with E-state index in [9.17, 15) is 0 Å². The summed E-state index contributed by atoms with van der Waals surface area (Å²) in [5, 5.41) is 0. The Balaban J connectivity index is -0.0000000450. The molecule has 1 N–H and O–H groups in total. The third kappa shape index (κ3) is 39.2. The van der Waals surface area contributed by atoms with E-state index in [1.165, 1.54) is 0 Å². The van der Waals surface area contributed by atoms with Gasteiger partial charge in [0.1, 0.15) is 0 Å². The molecule has 0 bridgehead atoms. The maximum Gasteiger partial charge on any atom is 1.00 e. The van der Waals surface area contributed by atoms with Crippen molar-refractivity contribution in [2.24, 2.45) is 0 Å². The summed E-state index contributed by atoms with van der Waals surface area (Å²) >= 11 is -3.76. The van der Waals surface area contributed by atoms with Crippen molar-refractivity contribution in [2.45, 2.75) is 0 Å². The number of rotatable bonds is 0. The maximum atomic E-state index is 8.68. The Morgan fingerprint density at radius 2 is 1.33 bits per heavy atom. The van der Waals surface area contributed by atoms with Crippen molar-refractivity contribution in [3.8, 4) is 0 Å². The Bertz CT molecular complexity index is 15.5. The van der Waals surface area contributed by atoms with Gasteiger partial charge in [0.15, 0.2) is 0 Å². The first-order valence-electron chi connectivity index (χ1n) is 0.478. The van der Waals surface area contributed by atoms with Crippen LogP contribution < -0.4 is 69.9 Å². The molecule has 0 aromatic rings. The summed E-state index contributed by atoms with van der Waals surface area (Å²) in [5.41, 5.74) is 0. The molecule has 0 saturated heterocycles. The molecule has 0 unspecified atom stereocenters. The first-order valence-corrected chi connectivity index (χ1v) is 3.20. The minimum absolute atomic E-state index is 0. The summed E-state index contributed by atoms with van der Waals surface area (Å²) in [6, 6.07) is 0. The normalized spacial score (nSPS) is 6.00. The van der Waals surface area contributed by atoms with E-state index < -0.39 is 21.1 Å². The topological polar surface area (TPSA) is 66.3 Å². The largest absolute Gasteiger partial charge is 1.00 e. The maximum absolute atomic E-state index is 8.68. The van der Waals surface area contributed by atoms with Crippen LogP contribution in [0.3, 0.4) is 0 Å². The molecule has 0 radical (unpaired) electrons. The van der Waals surface area contributed by atoms with Gasteiger partial charge >= 0.3 is 50.6 Å². The number of hydrogen-bond donors (Lipinski definition) is 1. The van der Waals surface area contributed by atoms with Gasteiger partial charge in [-0.05, 0) is 3.44 Å². The average Bonchev–Trinajstić information content (AvgIpc) is 0.811. The van der Waals surface area contributed by atoms with Crippen LogP contribution in [0.1, 0.15) is 0 Å². The van der Waals surface area contributed by atoms with Gasteiger partial charge in [-0.1, -0.05) is 0 Å². The van der Waals surface area contributed by atoms with Gasteiger partial charge in [-0.3, -0.25) is 0 Å². The first-order chi connectivity index (χ1) is 1.73. The zero-order valence-corrected chi connectivity index (χ0v) is 7.93. The summed E-state index contributed by atoms with van der Waals surface area (Å²) in [4.78, 5) is 0. The van der Waals surface area contributed by atoms with Crippen LogP contribution in [0.25, 0.3) is 0 Å². The van der Waals surface area contributed by atoms with Gasteiger partial charge in [0, 0.05) is 0 Å². The second-order valence-corrected chi connectivity index (χ2v) is 1.35. The Hall–Kier alpha value is 1.90. The molecule has 0 heterocycles. The summed E-state index contributed by atoms with van der Waals surface area (Å²) in [7, 11) is 0. The van der Waals surface area contributed by atoms with E-state index in [2.05, 4.69) is 0 Å². The second-order valence-electron chi connectivity index (χ2n) is 0.201. The van der Waals surface area contributed by atoms with Crippen LogP contribution in [-0.2, 0) is 0 Å². The molecule has 0 aromatic heterocycles. The van der Waals surface area contributed by atoms with E-state index in [0.29, 0.717) is 0 Å². The Labute approximate surface area is 72.5 Å². The molecule has 0 aliphatic heterocycles. The van der Waals surface area contributed by atoms with Crippen LogP contribution >= 0.6 is 0 Å². The van der Waals surface area contributed by atoms with Gasteiger partial charge in [-0.15, -0.1) is 0 Å². The van der Waals surface area contributed by atoms with Gasteiger partial charge in [0.25, 0.3) is 0 Å². The molecule has 34 valence electrons. The smallest absolute Gasteiger partial charge is 1.00 e. The van der Waals surface area contributed by atoms with E-state index in [1.807, 2.05) is 0 Å². The Kier molecular flexibility index (Phi) is 26.1. The van der Waals surface area contributed by atoms with Crippen molar-refractivity contribution < 1.29 is 73.3 Å². The molecular weight excluding hydrogens is 233 g/mol. The Morgan fingerprint density at radius 1 is 1.33 bits per heavy atom. The molecule has 6 heavy (non-hydrogen) atoms. The van der Waals surface area contributed by atoms with E-state index in [0.717, 1.165) is 0 Å². The zero-order chi connectivity index (χ0) is 3.58. The second kappa shape index (κ2) is 10.0. The fraction of sp³-hybridized carbons (Fsp3) is 0. The van der Waals surface area contributed by atoms with Crippen LogP contribution in [0.5, 0.6) is 0 Å². The summed E-state index contributed by atoms with van der Waals surface area (Å²) in [6.45, 7) is 0. The first kappa shape index (κ1) is 15.7. The van der Waals surface area contributed by atoms with E-state index in [4.69, 9.17) is 10.3 Å². The monoisotopic (exact) mass is 234 g/mol. The minimum atomic E-state index is -3.76. The number of halogens is 2. The molecule has 0 aliphatic rings. The van der Waals surface area contributed by atoms with Crippen molar-refractivity contribution in [3.63, 3.8) is 0 Å². The molecule has 0 aromatic carbocycles. The van der Waals surface area contributed by atoms with Crippen LogP contribution in [0.4, 0.5) is 0 Å². The molecule has 3 nitrogen and oxygen atoms in total. The fourth-order valence-electron chi connectivity index (χ4n) is 0. The van der Waals surface area contributed by atoms with Crippen molar-refractivity contribution in [3.05, 3.63) is 0 Å². The van der Waals surface area contributed by atoms with Crippen molar-refractivity contribution in [1.82, 2.24) is 0 Å². The standard InChI is InChI=1S/ClH.HIO3.Na/c;2-1(3)4;/h1H;2H;/q;;+1/p-1. The zero-order valence-electron chi connectivity index (χ0n) is 3.02. The van der Waals surface area contributed by atoms with Gasteiger partial charge in [0.2, 0.25) is 0 Å². The third-order valence-electron chi connectivity index (χ3n) is 0. The minimum Gasteiger partial charge on any atom is -1.00 e. The van der Waals surface area contributed by atoms with Crippen molar-refractivity contribution >= 4 is 0 Å². The summed E-state index contributed by atoms with van der Waals surface area (Å²) in [5.74, 6) is 0. The average molecular weight is 234 g/mol. The molecule has 0 amide bonds. The van der Waals surface area contributed by atoms with E-state index in [1.54, 1.807) is 0 Å². The van der Waals surface area contributed by atoms with E-state index >= 15 is 0 Å². The molecule has 0 spiro atoms. The molecular formula is HClINaO3. The SMILES string of the molecule is [Cl-].[Na+].[O-][I+2]([O-])O. The van der Waals surface area contributed by atoms with Crippen LogP contribution in [0, 0.1) is 0 Å². The van der Waals surface area contributed by atoms with Crippen LogP contribution in [0.15, 0.2) is 0 Å². The third-order valence-corrected chi connectivity index (χ3v) is 0. The van der Waals surface area contributed by atoms with Gasteiger partial charge in [-0.25, -0.2) is 0 Å². The quantitative estimate of drug-likeness (QED) is 0.334. The van der Waals surface area contributed by atoms with E-state index in [-0.39, 0.29) is 42.0 Å². The Morgan fingerprint density at radius 3 is 1.33 bits per heavy atom. The predicted molar refractivity (Wildman–Crippen MR) is 2.22 cm³/mol. The van der Waals surface area contributed by atoms with Crippen molar-refractivity contribution in [1.29, 1.82) is 0 Å². The van der Waals surface area contributed by atoms with Crippen LogP contribution in [-0.4, -0.2) is 3.44 Å². The van der Waals surface area contributed by atoms with Gasteiger partial charge < -0.3 is 19.3 Å². The predicted octanol–water partition coefficient (Wildman–Crippen LogP) is -11.9. The van der Waals surface area contributed by atoms with Gasteiger partial charge in [0.05, 0.1) is 0 Å². The molecule has 0 rings (SSSR count). The number of hydrogen-bond acceptors (Lipinski definition) is 3.